The number of nitro groups is 1. The van der Waals surface area contributed by atoms with Crippen molar-refractivity contribution >= 4 is 17.5 Å². The quantitative estimate of drug-likeness (QED) is 0.372. The molecule has 0 fully saturated rings. The highest BCUT2D eigenvalue weighted by Gasteiger charge is 2.18. The van der Waals surface area contributed by atoms with Gasteiger partial charge in [0.15, 0.2) is 0 Å². The molecule has 0 aliphatic rings. The van der Waals surface area contributed by atoms with Crippen LogP contribution in [0.5, 0.6) is 0 Å². The first-order chi connectivity index (χ1) is 7.47. The third-order valence-corrected chi connectivity index (χ3v) is 1.83. The minimum atomic E-state index is -1.04. The summed E-state index contributed by atoms with van der Waals surface area (Å²) in [5, 5.41) is 18.8. The van der Waals surface area contributed by atoms with Gasteiger partial charge in [0.25, 0.3) is 11.6 Å². The van der Waals surface area contributed by atoms with Crippen molar-refractivity contribution in [2.75, 3.05) is 0 Å². The van der Waals surface area contributed by atoms with E-state index in [-0.39, 0.29) is 16.8 Å². The zero-order valence-electron chi connectivity index (χ0n) is 7.84. The van der Waals surface area contributed by atoms with Crippen LogP contribution in [-0.4, -0.2) is 21.9 Å². The minimum Gasteiger partial charge on any atom is -0.366 e. The number of carbonyl (C=O) groups excluding carboxylic acids is 2. The number of amides is 2. The van der Waals surface area contributed by atoms with E-state index in [9.17, 15) is 19.7 Å². The number of primary amides is 1. The number of hydrogen-bond acceptors (Lipinski definition) is 5. The fraction of sp³-hybridized carbons (Fsp3) is 0. The van der Waals surface area contributed by atoms with Gasteiger partial charge in [-0.25, -0.2) is 5.48 Å². The van der Waals surface area contributed by atoms with Crippen LogP contribution in [0.2, 0.25) is 0 Å². The van der Waals surface area contributed by atoms with Gasteiger partial charge in [-0.2, -0.15) is 0 Å². The molecule has 16 heavy (non-hydrogen) atoms. The highest BCUT2D eigenvalue weighted by Crippen LogP contribution is 2.17. The van der Waals surface area contributed by atoms with Crippen LogP contribution in [0.3, 0.4) is 0 Å². The number of hydrogen-bond donors (Lipinski definition) is 3. The zero-order chi connectivity index (χ0) is 12.3. The summed E-state index contributed by atoms with van der Waals surface area (Å²) in [6.07, 6.45) is 0. The maximum Gasteiger partial charge on any atom is 0.275 e. The Hall–Kier alpha value is -2.48. The van der Waals surface area contributed by atoms with E-state index in [4.69, 9.17) is 10.9 Å². The smallest absolute Gasteiger partial charge is 0.275 e. The second-order valence-corrected chi connectivity index (χ2v) is 2.79. The van der Waals surface area contributed by atoms with Gasteiger partial charge >= 0.3 is 0 Å². The number of carbonyl (C=O) groups is 2. The third kappa shape index (κ3) is 2.12. The molecule has 8 nitrogen and oxygen atoms in total. The Morgan fingerprint density at radius 2 is 2.00 bits per heavy atom. The largest absolute Gasteiger partial charge is 0.366 e. The number of nitro benzene ring substituents is 1. The number of rotatable bonds is 3. The van der Waals surface area contributed by atoms with Crippen molar-refractivity contribution in [1.82, 2.24) is 5.48 Å². The van der Waals surface area contributed by atoms with Crippen molar-refractivity contribution < 1.29 is 19.7 Å². The number of nitrogens with one attached hydrogen (secondary N) is 1. The standard InChI is InChI=1S/C8H7N3O5/c9-7(12)5-2-1-4(11(15)16)3-6(5)8(13)10-14/h1-3,14H,(H2,9,12)(H,10,13). The van der Waals surface area contributed by atoms with Crippen LogP contribution in [-0.2, 0) is 0 Å². The summed E-state index contributed by atoms with van der Waals surface area (Å²) in [6, 6.07) is 2.94. The molecule has 1 rings (SSSR count). The summed E-state index contributed by atoms with van der Waals surface area (Å²) < 4.78 is 0. The molecule has 1 aromatic carbocycles. The van der Waals surface area contributed by atoms with Crippen LogP contribution in [0, 0.1) is 10.1 Å². The van der Waals surface area contributed by atoms with Crippen LogP contribution in [0.25, 0.3) is 0 Å². The summed E-state index contributed by atoms with van der Waals surface area (Å²) in [5.41, 5.74) is 5.28. The third-order valence-electron chi connectivity index (χ3n) is 1.83. The molecule has 0 aromatic heterocycles. The molecule has 0 radical (unpaired) electrons. The molecule has 4 N–H and O–H groups in total. The second kappa shape index (κ2) is 4.36. The number of nitrogens with zero attached hydrogens (tertiary/aromatic N) is 1. The van der Waals surface area contributed by atoms with Gasteiger partial charge < -0.3 is 5.73 Å². The minimum absolute atomic E-state index is 0.211. The molecule has 0 aliphatic heterocycles. The van der Waals surface area contributed by atoms with Crippen LogP contribution < -0.4 is 11.2 Å². The molecule has 0 heterocycles. The van der Waals surface area contributed by atoms with E-state index >= 15 is 0 Å². The van der Waals surface area contributed by atoms with Gasteiger partial charge in [-0.05, 0) is 6.07 Å². The highest BCUT2D eigenvalue weighted by atomic mass is 16.6. The predicted octanol–water partition coefficient (Wildman–Crippen LogP) is -0.187. The van der Waals surface area contributed by atoms with E-state index in [1.165, 1.54) is 5.48 Å². The summed E-state index contributed by atoms with van der Waals surface area (Å²) in [4.78, 5) is 31.7. The van der Waals surface area contributed by atoms with Gasteiger partial charge in [0.05, 0.1) is 16.1 Å². The lowest BCUT2D eigenvalue weighted by molar-refractivity contribution is -0.384. The van der Waals surface area contributed by atoms with Gasteiger partial charge in [0.1, 0.15) is 0 Å². The molecule has 1 aromatic rings. The lowest BCUT2D eigenvalue weighted by Gasteiger charge is -2.03. The Balaban J connectivity index is 3.38. The monoisotopic (exact) mass is 225 g/mol. The molecule has 8 heteroatoms. The second-order valence-electron chi connectivity index (χ2n) is 2.79. The Labute approximate surface area is 88.8 Å². The molecule has 0 unspecified atom stereocenters. The maximum atomic E-state index is 11.1. The van der Waals surface area contributed by atoms with E-state index in [1.807, 2.05) is 0 Å². The summed E-state index contributed by atoms with van der Waals surface area (Å²) >= 11 is 0. The molecule has 0 aliphatic carbocycles. The average molecular weight is 225 g/mol. The first-order valence-corrected chi connectivity index (χ1v) is 4.00. The SMILES string of the molecule is NC(=O)c1ccc([N+](=O)[O-])cc1C(=O)NO. The molecule has 2 amide bonds. The van der Waals surface area contributed by atoms with Gasteiger partial charge in [-0.15, -0.1) is 0 Å². The summed E-state index contributed by atoms with van der Waals surface area (Å²) in [5.74, 6) is -1.97. The molecule has 0 bridgehead atoms. The Bertz CT molecular complexity index is 471. The van der Waals surface area contributed by atoms with Crippen molar-refractivity contribution in [3.63, 3.8) is 0 Å². The highest BCUT2D eigenvalue weighted by molar-refractivity contribution is 6.06. The van der Waals surface area contributed by atoms with Crippen molar-refractivity contribution in [2.45, 2.75) is 0 Å². The number of nitrogens with two attached hydrogens (primary N) is 1. The molecular weight excluding hydrogens is 218 g/mol. The molecule has 0 spiro atoms. The van der Waals surface area contributed by atoms with Crippen molar-refractivity contribution in [3.05, 3.63) is 39.4 Å². The Morgan fingerprint density at radius 1 is 1.38 bits per heavy atom. The lowest BCUT2D eigenvalue weighted by atomic mass is 10.1. The molecule has 0 saturated heterocycles. The first kappa shape index (κ1) is 11.6. The summed E-state index contributed by atoms with van der Waals surface area (Å²) in [6.45, 7) is 0. The topological polar surface area (TPSA) is 136 Å². The molecule has 0 atom stereocenters. The average Bonchev–Trinajstić information content (AvgIpc) is 2.26. The predicted molar refractivity (Wildman–Crippen MR) is 50.9 cm³/mol. The van der Waals surface area contributed by atoms with Gasteiger partial charge in [-0.3, -0.25) is 24.9 Å². The Morgan fingerprint density at radius 3 is 2.44 bits per heavy atom. The summed E-state index contributed by atoms with van der Waals surface area (Å²) in [7, 11) is 0. The van der Waals surface area contributed by atoms with Crippen LogP contribution >= 0.6 is 0 Å². The first-order valence-electron chi connectivity index (χ1n) is 4.00. The molecular formula is C8H7N3O5. The molecule has 84 valence electrons. The van der Waals surface area contributed by atoms with Crippen LogP contribution in [0.4, 0.5) is 5.69 Å². The van der Waals surface area contributed by atoms with E-state index in [2.05, 4.69) is 0 Å². The van der Waals surface area contributed by atoms with Crippen LogP contribution in [0.1, 0.15) is 20.7 Å². The van der Waals surface area contributed by atoms with Gasteiger partial charge in [-0.1, -0.05) is 0 Å². The van der Waals surface area contributed by atoms with E-state index < -0.39 is 16.7 Å². The zero-order valence-corrected chi connectivity index (χ0v) is 7.84. The van der Waals surface area contributed by atoms with Gasteiger partial charge in [0, 0.05) is 12.1 Å². The number of non-ortho nitro benzene ring substituents is 1. The van der Waals surface area contributed by atoms with E-state index in [0.717, 1.165) is 18.2 Å². The van der Waals surface area contributed by atoms with Crippen molar-refractivity contribution in [3.8, 4) is 0 Å². The van der Waals surface area contributed by atoms with Crippen LogP contribution in [0.15, 0.2) is 18.2 Å². The lowest BCUT2D eigenvalue weighted by Crippen LogP contribution is -2.24. The number of benzene rings is 1. The van der Waals surface area contributed by atoms with Crippen molar-refractivity contribution in [2.24, 2.45) is 5.73 Å². The van der Waals surface area contributed by atoms with Crippen molar-refractivity contribution in [1.29, 1.82) is 0 Å². The van der Waals surface area contributed by atoms with E-state index in [1.54, 1.807) is 0 Å². The fourth-order valence-corrected chi connectivity index (χ4v) is 1.11. The fourth-order valence-electron chi connectivity index (χ4n) is 1.11. The van der Waals surface area contributed by atoms with E-state index in [0.29, 0.717) is 0 Å². The number of hydroxylamine groups is 1. The maximum absolute atomic E-state index is 11.1. The normalized spacial score (nSPS) is 9.56. The Kier molecular flexibility index (Phi) is 3.16. The van der Waals surface area contributed by atoms with Gasteiger partial charge in [0.2, 0.25) is 5.91 Å². The molecule has 0 saturated carbocycles.